The molecule has 12 rings (SSSR count). The Morgan fingerprint density at radius 3 is 0.953 bits per heavy atom. The SMILES string of the molecule is C=CCOC.COc1ccc(/C(=C2\C=CC(=O)C(O)=C2)c2ccccc2S(=O)(=O)[O-])cc1OC.COc1ccc(OC)c(C[NH+](C)[C@H]2CCCC[C@@H]2[NH+](C)Cc2cc(OC)ccc2OC)c1.COc1ccc(OC)c(C[NH+](C)[C@H]2CCCC[C@@H]2[NH+](C)Cc2cc(OC)ccc2OC)c1.O=C1C=C/C(=C(\c2ccc(O)c(O)c2)c2ccccc2S(=O)(=O)[O-])C=C1O.[Cu].[Cu]. The van der Waals surface area contributed by atoms with Gasteiger partial charge >= 0.3 is 0 Å². The molecule has 4 aliphatic rings. The van der Waals surface area contributed by atoms with Gasteiger partial charge in [-0.2, -0.15) is 0 Å². The predicted octanol–water partition coefficient (Wildman–Crippen LogP) is 9.71. The van der Waals surface area contributed by atoms with Crippen LogP contribution in [-0.2, 0) is 94.9 Å². The molecule has 4 aliphatic carbocycles. The van der Waals surface area contributed by atoms with Gasteiger partial charge in [0.1, 0.15) is 117 Å². The standard InChI is InChI=1S/2C26H38N2O4.C21H18O7S.C19H14O7S.C4H8O.2Cu/c2*1-27(17-19-15-21(29-3)11-13-25(19)31-5)23-9-7-8-10-24(23)28(2)18-20-16-22(30-4)12-14-26(20)32-6;1-27-18-10-8-14(12-19(18)28-2)21(13-7-9-16(22)17(23)11-13)15-5-3-4-6-20(15)29(24,25)26;20-14-7-5-11(9-16(14)22)19(12-6-8-15(21)17(23)10-12)13-3-1-2-4-18(13)27(24,25)26;1-3-4-5-2;;/h2*11-16,23-24H,7-10,17-18H2,1-6H3;3-12,23H,1-2H3,(H,24,25,26);1-10,20,22-23H,(H,24,25,26);3H,1,4H2,2H3;;/p+2/b;;21-13-;19-12-;;;/t2*23-,24-;;;;;/m00...../s1. The van der Waals surface area contributed by atoms with E-state index in [9.17, 15) is 56.0 Å². The molecule has 8 aromatic rings. The molecule has 0 bridgehead atoms. The van der Waals surface area contributed by atoms with E-state index in [1.807, 2.05) is 48.5 Å². The first kappa shape index (κ1) is 105. The van der Waals surface area contributed by atoms with E-state index < -0.39 is 58.9 Å². The maximum atomic E-state index is 11.9. The molecule has 8 aromatic carbocycles. The molecule has 8 atom stereocenters. The molecule has 0 aromatic heterocycles. The second-order valence-electron chi connectivity index (χ2n) is 30.3. The molecule has 2 saturated carbocycles. The number of carbonyl (C=O) groups is 2. The van der Waals surface area contributed by atoms with E-state index >= 15 is 0 Å². The molecule has 27 nitrogen and oxygen atoms in total. The smallest absolute Gasteiger partial charge is 0.220 e. The van der Waals surface area contributed by atoms with E-state index in [4.69, 9.17) is 47.4 Å². The number of hydrogen-bond acceptors (Lipinski definition) is 23. The zero-order valence-corrected chi connectivity index (χ0v) is 77.7. The van der Waals surface area contributed by atoms with Crippen LogP contribution in [0, 0.1) is 0 Å². The number of ether oxygens (including phenoxy) is 11. The third-order valence-corrected chi connectivity index (χ3v) is 24.2. The monoisotopic (exact) mass is 1880 g/mol. The molecule has 0 spiro atoms. The van der Waals surface area contributed by atoms with Crippen molar-refractivity contribution in [3.63, 3.8) is 0 Å². The summed E-state index contributed by atoms with van der Waals surface area (Å²) in [5.74, 6) is 4.95. The van der Waals surface area contributed by atoms with Crippen LogP contribution in [0.5, 0.6) is 69.0 Å². The number of hydrogen-bond donors (Lipinski definition) is 8. The van der Waals surface area contributed by atoms with Crippen molar-refractivity contribution < 1.29 is 162 Å². The first-order chi connectivity index (χ1) is 59.8. The minimum absolute atomic E-state index is 0. The molecule has 31 heteroatoms. The number of nitrogens with one attached hydrogen (secondary N) is 4. The maximum Gasteiger partial charge on any atom is 0.220 e. The van der Waals surface area contributed by atoms with Crippen molar-refractivity contribution in [1.82, 2.24) is 0 Å². The molecule has 8 N–H and O–H groups in total. The van der Waals surface area contributed by atoms with Crippen LogP contribution in [0.1, 0.15) is 95.9 Å². The Hall–Kier alpha value is -10.9. The molecule has 0 heterocycles. The number of phenols is 2. The van der Waals surface area contributed by atoms with Crippen LogP contribution in [0.3, 0.4) is 0 Å². The van der Waals surface area contributed by atoms with Crippen molar-refractivity contribution >= 4 is 42.9 Å². The second-order valence-corrected chi connectivity index (χ2v) is 33.0. The fourth-order valence-corrected chi connectivity index (χ4v) is 17.7. The van der Waals surface area contributed by atoms with Gasteiger partial charge in [0.05, 0.1) is 138 Å². The fourth-order valence-electron chi connectivity index (χ4n) is 16.3. The number of allylic oxidation sites excluding steroid dienone is 8. The van der Waals surface area contributed by atoms with Crippen molar-refractivity contribution in [1.29, 1.82) is 0 Å². The number of phenolic OH excluding ortho intramolecular Hbond substituents is 2. The topological polar surface area (TPSA) is 349 Å². The van der Waals surface area contributed by atoms with Gasteiger partial charge in [-0.05, 0) is 193 Å². The van der Waals surface area contributed by atoms with Gasteiger partial charge in [0.15, 0.2) is 34.5 Å². The average molecular weight is 1890 g/mol. The summed E-state index contributed by atoms with van der Waals surface area (Å²) < 4.78 is 130. The first-order valence-electron chi connectivity index (χ1n) is 40.7. The van der Waals surface area contributed by atoms with E-state index in [0.29, 0.717) is 59.0 Å². The number of rotatable bonds is 30. The molecule has 0 saturated heterocycles. The third-order valence-electron chi connectivity index (χ3n) is 22.5. The van der Waals surface area contributed by atoms with Crippen LogP contribution in [0.2, 0.25) is 0 Å². The fraction of sp³-hybridized carbons (Fsp3) is 0.333. The Morgan fingerprint density at radius 2 is 0.685 bits per heavy atom. The van der Waals surface area contributed by atoms with Crippen molar-refractivity contribution in [3.8, 4) is 69.0 Å². The number of aliphatic hydroxyl groups excluding tert-OH is 2. The van der Waals surface area contributed by atoms with Crippen LogP contribution < -0.4 is 67.0 Å². The summed E-state index contributed by atoms with van der Waals surface area (Å²) in [5, 5.41) is 39.1. The first-order valence-corrected chi connectivity index (χ1v) is 43.5. The average Bonchev–Trinajstić information content (AvgIpc) is 0.776. The number of aromatic hydroxyl groups is 2. The largest absolute Gasteiger partial charge is 0.744 e. The Bertz CT molecular complexity index is 5200. The van der Waals surface area contributed by atoms with Crippen molar-refractivity contribution in [2.75, 3.05) is 113 Å². The van der Waals surface area contributed by atoms with Crippen LogP contribution in [0.25, 0.3) is 11.1 Å². The van der Waals surface area contributed by atoms with E-state index in [0.717, 1.165) is 90.4 Å². The van der Waals surface area contributed by atoms with Crippen LogP contribution in [0.4, 0.5) is 0 Å². The predicted molar refractivity (Wildman–Crippen MR) is 475 cm³/mol. The molecule has 4 unspecified atom stereocenters. The molecule has 692 valence electrons. The van der Waals surface area contributed by atoms with E-state index in [1.54, 1.807) is 94.3 Å². The Morgan fingerprint density at radius 1 is 0.386 bits per heavy atom. The normalized spacial score (nSPS) is 17.6. The number of ketones is 2. The van der Waals surface area contributed by atoms with E-state index in [-0.39, 0.29) is 67.7 Å². The molecular formula is C96H118Cu2N4O23S2+2. The van der Waals surface area contributed by atoms with Gasteiger partial charge in [0.25, 0.3) is 0 Å². The van der Waals surface area contributed by atoms with Crippen LogP contribution >= 0.6 is 0 Å². The van der Waals surface area contributed by atoms with E-state index in [1.165, 1.54) is 186 Å². The molecule has 2 radical (unpaired) electrons. The van der Waals surface area contributed by atoms with Crippen LogP contribution in [-0.4, -0.2) is 195 Å². The summed E-state index contributed by atoms with van der Waals surface area (Å²) in [6, 6.07) is 46.5. The third kappa shape index (κ3) is 28.6. The maximum absolute atomic E-state index is 11.9. The van der Waals surface area contributed by atoms with E-state index in [2.05, 4.69) is 63.8 Å². The van der Waals surface area contributed by atoms with Gasteiger partial charge in [-0.25, -0.2) is 16.8 Å². The zero-order chi connectivity index (χ0) is 91.2. The van der Waals surface area contributed by atoms with Crippen molar-refractivity contribution in [2.45, 2.75) is 112 Å². The minimum atomic E-state index is -4.84. The Labute approximate surface area is 767 Å². The summed E-state index contributed by atoms with van der Waals surface area (Å²) in [7, 11) is 18.0. The molecule has 0 aliphatic heterocycles. The summed E-state index contributed by atoms with van der Waals surface area (Å²) in [6.07, 6.45) is 19.3. The number of benzene rings is 8. The van der Waals surface area contributed by atoms with Gasteiger partial charge < -0.3 is 101 Å². The van der Waals surface area contributed by atoms with Gasteiger partial charge in [-0.15, -0.1) is 6.58 Å². The van der Waals surface area contributed by atoms with Gasteiger partial charge in [-0.1, -0.05) is 66.8 Å². The second kappa shape index (κ2) is 50.6. The molecule has 2 fully saturated rings. The molecule has 127 heavy (non-hydrogen) atoms. The number of aliphatic hydroxyl groups is 2. The number of quaternary nitrogens is 4. The molecule has 0 amide bonds. The molecular weight excluding hydrogens is 1770 g/mol. The summed E-state index contributed by atoms with van der Waals surface area (Å²) in [4.78, 5) is 28.3. The number of methoxy groups -OCH3 is 11. The summed E-state index contributed by atoms with van der Waals surface area (Å²) in [6.45, 7) is 7.73. The summed E-state index contributed by atoms with van der Waals surface area (Å²) >= 11 is 0. The van der Waals surface area contributed by atoms with Crippen molar-refractivity contribution in [3.05, 3.63) is 274 Å². The number of likely N-dealkylation sites (N-methyl/N-ethyl adjacent to an activating group) is 4. The Balaban J connectivity index is 0.000000255. The quantitative estimate of drug-likeness (QED) is 0.00898. The zero-order valence-electron chi connectivity index (χ0n) is 74.2. The number of carbonyl (C=O) groups excluding carboxylic acids is 2. The van der Waals surface area contributed by atoms with Gasteiger partial charge in [0, 0.05) is 78.1 Å². The summed E-state index contributed by atoms with van der Waals surface area (Å²) in [5.41, 5.74) is 6.80. The van der Waals surface area contributed by atoms with Crippen molar-refractivity contribution in [2.24, 2.45) is 0 Å². The van der Waals surface area contributed by atoms with Gasteiger partial charge in [0.2, 0.25) is 11.6 Å². The Kier molecular flexibility index (Phi) is 41.8. The van der Waals surface area contributed by atoms with Crippen LogP contribution in [0.15, 0.2) is 239 Å². The minimum Gasteiger partial charge on any atom is -0.744 e. The van der Waals surface area contributed by atoms with Gasteiger partial charge in [-0.3, -0.25) is 9.59 Å².